The molecule has 3 aromatic rings. The van der Waals surface area contributed by atoms with Gasteiger partial charge in [0.15, 0.2) is 5.89 Å². The first-order valence-corrected chi connectivity index (χ1v) is 9.40. The third kappa shape index (κ3) is 3.39. The number of aromatic amines is 1. The fraction of sp³-hybridized carbons (Fsp3) is 0.381. The van der Waals surface area contributed by atoms with Gasteiger partial charge in [0.05, 0.1) is 12.1 Å². The number of aromatic nitrogens is 2. The van der Waals surface area contributed by atoms with Crippen molar-refractivity contribution in [3.63, 3.8) is 0 Å². The van der Waals surface area contributed by atoms with Gasteiger partial charge in [0.2, 0.25) is 0 Å². The highest BCUT2D eigenvalue weighted by atomic mass is 16.4. The zero-order valence-corrected chi connectivity index (χ0v) is 15.6. The number of amides is 1. The number of H-pyrrole nitrogens is 1. The number of nitrogens with zero attached hydrogens (tertiary/aromatic N) is 2. The summed E-state index contributed by atoms with van der Waals surface area (Å²) in [6.07, 6.45) is 4.03. The predicted octanol–water partition coefficient (Wildman–Crippen LogP) is 3.30. The Morgan fingerprint density at radius 2 is 2.07 bits per heavy atom. The monoisotopic (exact) mass is 365 g/mol. The van der Waals surface area contributed by atoms with Crippen LogP contribution in [0.2, 0.25) is 0 Å². The quantitative estimate of drug-likeness (QED) is 0.769. The number of pyridine rings is 1. The fourth-order valence-electron chi connectivity index (χ4n) is 3.50. The van der Waals surface area contributed by atoms with E-state index in [2.05, 4.69) is 23.8 Å². The van der Waals surface area contributed by atoms with Gasteiger partial charge >= 0.3 is 0 Å². The summed E-state index contributed by atoms with van der Waals surface area (Å²) in [6.45, 7) is 5.38. The van der Waals surface area contributed by atoms with Crippen molar-refractivity contribution in [2.24, 2.45) is 5.92 Å². The second-order valence-corrected chi connectivity index (χ2v) is 7.46. The van der Waals surface area contributed by atoms with Crippen molar-refractivity contribution >= 4 is 16.7 Å². The Kier molecular flexibility index (Phi) is 4.56. The molecule has 1 aliphatic heterocycles. The molecule has 1 aromatic carbocycles. The zero-order valence-electron chi connectivity index (χ0n) is 15.6. The minimum Gasteiger partial charge on any atom is -0.445 e. The molecule has 1 amide bonds. The van der Waals surface area contributed by atoms with Crippen molar-refractivity contribution in [2.45, 2.75) is 39.7 Å². The molecular weight excluding hydrogens is 342 g/mol. The highest BCUT2D eigenvalue weighted by Crippen LogP contribution is 2.24. The summed E-state index contributed by atoms with van der Waals surface area (Å²) in [5.41, 5.74) is 1.17. The van der Waals surface area contributed by atoms with Crippen LogP contribution in [0.5, 0.6) is 0 Å². The molecule has 2 aromatic heterocycles. The van der Waals surface area contributed by atoms with Gasteiger partial charge < -0.3 is 14.3 Å². The van der Waals surface area contributed by atoms with Crippen molar-refractivity contribution in [3.8, 4) is 0 Å². The maximum absolute atomic E-state index is 13.1. The molecule has 4 rings (SSSR count). The average molecular weight is 365 g/mol. The molecule has 0 radical (unpaired) electrons. The van der Waals surface area contributed by atoms with Crippen LogP contribution in [-0.2, 0) is 19.4 Å². The summed E-state index contributed by atoms with van der Waals surface area (Å²) in [5, 5.41) is 1.20. The SMILES string of the molecule is CC(C)CCc1nc2c(o1)CCN(C(=O)c1c[nH]c(=O)c3ccccc13)C2. The van der Waals surface area contributed by atoms with Gasteiger partial charge in [-0.15, -0.1) is 0 Å². The van der Waals surface area contributed by atoms with E-state index in [0.29, 0.717) is 41.8 Å². The van der Waals surface area contributed by atoms with E-state index in [1.165, 1.54) is 6.20 Å². The smallest absolute Gasteiger partial charge is 0.256 e. The van der Waals surface area contributed by atoms with Gasteiger partial charge in [0, 0.05) is 36.4 Å². The number of benzene rings is 1. The second-order valence-electron chi connectivity index (χ2n) is 7.46. The van der Waals surface area contributed by atoms with Gasteiger partial charge in [-0.1, -0.05) is 32.0 Å². The summed E-state index contributed by atoms with van der Waals surface area (Å²) >= 11 is 0. The van der Waals surface area contributed by atoms with E-state index in [1.54, 1.807) is 17.0 Å². The van der Waals surface area contributed by atoms with Crippen LogP contribution < -0.4 is 5.56 Å². The number of rotatable bonds is 4. The third-order valence-corrected chi connectivity index (χ3v) is 5.03. The molecule has 0 bridgehead atoms. The Morgan fingerprint density at radius 1 is 1.30 bits per heavy atom. The largest absolute Gasteiger partial charge is 0.445 e. The lowest BCUT2D eigenvalue weighted by atomic mass is 10.1. The minimum atomic E-state index is -0.186. The van der Waals surface area contributed by atoms with Crippen LogP contribution in [0.25, 0.3) is 10.8 Å². The standard InChI is InChI=1S/C21H23N3O3/c1-13(2)7-8-19-23-17-12-24(10-9-18(17)27-19)21(26)16-11-22-20(25)15-6-4-3-5-14(15)16/h3-6,11,13H,7-10,12H2,1-2H3,(H,22,25). The second kappa shape index (κ2) is 7.02. The van der Waals surface area contributed by atoms with Crippen molar-refractivity contribution in [1.82, 2.24) is 14.9 Å². The lowest BCUT2D eigenvalue weighted by Crippen LogP contribution is -2.36. The molecular formula is C21H23N3O3. The normalized spacial score (nSPS) is 14.0. The predicted molar refractivity (Wildman–Crippen MR) is 103 cm³/mol. The van der Waals surface area contributed by atoms with E-state index in [-0.39, 0.29) is 11.5 Å². The first kappa shape index (κ1) is 17.5. The molecule has 0 atom stereocenters. The Labute approximate surface area is 157 Å². The van der Waals surface area contributed by atoms with E-state index in [1.807, 2.05) is 12.1 Å². The molecule has 1 aliphatic rings. The summed E-state index contributed by atoms with van der Waals surface area (Å²) in [4.78, 5) is 34.2. The molecule has 0 spiro atoms. The minimum absolute atomic E-state index is 0.0974. The van der Waals surface area contributed by atoms with E-state index >= 15 is 0 Å². The maximum Gasteiger partial charge on any atom is 0.256 e. The van der Waals surface area contributed by atoms with Gasteiger partial charge in [-0.3, -0.25) is 9.59 Å². The summed E-state index contributed by atoms with van der Waals surface area (Å²) in [7, 11) is 0. The van der Waals surface area contributed by atoms with Gasteiger partial charge in [0.1, 0.15) is 11.5 Å². The third-order valence-electron chi connectivity index (χ3n) is 5.03. The van der Waals surface area contributed by atoms with Gasteiger partial charge in [0.25, 0.3) is 11.5 Å². The fourth-order valence-corrected chi connectivity index (χ4v) is 3.50. The van der Waals surface area contributed by atoms with Gasteiger partial charge in [-0.05, 0) is 18.4 Å². The van der Waals surface area contributed by atoms with Gasteiger partial charge in [-0.2, -0.15) is 0 Å². The molecule has 3 heterocycles. The Hall–Kier alpha value is -2.89. The Bertz CT molecular complexity index is 1050. The van der Waals surface area contributed by atoms with Crippen LogP contribution in [-0.4, -0.2) is 27.3 Å². The van der Waals surface area contributed by atoms with Crippen LogP contribution in [0.1, 0.15) is 48.0 Å². The van der Waals surface area contributed by atoms with Crippen LogP contribution in [0, 0.1) is 5.92 Å². The topological polar surface area (TPSA) is 79.2 Å². The van der Waals surface area contributed by atoms with E-state index in [0.717, 1.165) is 30.2 Å². The number of carbonyl (C=O) groups excluding carboxylic acids is 1. The van der Waals surface area contributed by atoms with E-state index in [4.69, 9.17) is 4.42 Å². The highest BCUT2D eigenvalue weighted by Gasteiger charge is 2.27. The number of carbonyl (C=O) groups is 1. The molecule has 0 saturated carbocycles. The molecule has 1 N–H and O–H groups in total. The number of aryl methyl sites for hydroxylation is 1. The van der Waals surface area contributed by atoms with Crippen LogP contribution >= 0.6 is 0 Å². The lowest BCUT2D eigenvalue weighted by molar-refractivity contribution is 0.0729. The number of oxazole rings is 1. The van der Waals surface area contributed by atoms with Crippen LogP contribution in [0.4, 0.5) is 0 Å². The highest BCUT2D eigenvalue weighted by molar-refractivity contribution is 6.06. The number of hydrogen-bond donors (Lipinski definition) is 1. The van der Waals surface area contributed by atoms with Crippen LogP contribution in [0.3, 0.4) is 0 Å². The molecule has 0 unspecified atom stereocenters. The maximum atomic E-state index is 13.1. The van der Waals surface area contributed by atoms with Crippen molar-refractivity contribution in [2.75, 3.05) is 6.54 Å². The molecule has 6 heteroatoms. The molecule has 27 heavy (non-hydrogen) atoms. The number of fused-ring (bicyclic) bond motifs is 2. The van der Waals surface area contributed by atoms with Crippen LogP contribution in [0.15, 0.2) is 39.7 Å². The first-order chi connectivity index (χ1) is 13.0. The van der Waals surface area contributed by atoms with Crippen molar-refractivity contribution < 1.29 is 9.21 Å². The first-order valence-electron chi connectivity index (χ1n) is 9.40. The summed E-state index contributed by atoms with van der Waals surface area (Å²) < 4.78 is 5.88. The molecule has 0 saturated heterocycles. The Morgan fingerprint density at radius 3 is 2.85 bits per heavy atom. The summed E-state index contributed by atoms with van der Waals surface area (Å²) in [5.74, 6) is 2.15. The van der Waals surface area contributed by atoms with Gasteiger partial charge in [-0.25, -0.2) is 4.98 Å². The molecule has 6 nitrogen and oxygen atoms in total. The van der Waals surface area contributed by atoms with E-state index in [9.17, 15) is 9.59 Å². The number of nitrogens with one attached hydrogen (secondary N) is 1. The Balaban J connectivity index is 1.58. The number of hydrogen-bond acceptors (Lipinski definition) is 4. The molecule has 0 aliphatic carbocycles. The van der Waals surface area contributed by atoms with E-state index < -0.39 is 0 Å². The van der Waals surface area contributed by atoms with Crippen molar-refractivity contribution in [3.05, 3.63) is 63.7 Å². The summed E-state index contributed by atoms with van der Waals surface area (Å²) in [6, 6.07) is 7.18. The molecule has 0 fully saturated rings. The zero-order chi connectivity index (χ0) is 19.0. The lowest BCUT2D eigenvalue weighted by Gasteiger charge is -2.25. The molecule has 140 valence electrons. The average Bonchev–Trinajstić information content (AvgIpc) is 3.08. The van der Waals surface area contributed by atoms with Crippen molar-refractivity contribution in [1.29, 1.82) is 0 Å².